The number of sulfonamides is 1. The van der Waals surface area contributed by atoms with E-state index in [2.05, 4.69) is 0 Å². The molecule has 5 nitrogen and oxygen atoms in total. The standard InChI is InChI=1S/C24H24FNO4S/c1-3-30-24(27)21-11-9-20(10-12-21)17-26(16-19-7-5-4-6-8-19)31(28,29)22-13-14-23(25)18(2)15-22/h4-15H,3,16-17H2,1-2H3. The molecule has 3 aromatic carbocycles. The number of aryl methyl sites for hydroxylation is 1. The van der Waals surface area contributed by atoms with Gasteiger partial charge in [-0.05, 0) is 60.9 Å². The minimum absolute atomic E-state index is 0.0328. The van der Waals surface area contributed by atoms with Gasteiger partial charge in [0.1, 0.15) is 5.82 Å². The molecule has 0 amide bonds. The van der Waals surface area contributed by atoms with E-state index in [0.29, 0.717) is 11.1 Å². The van der Waals surface area contributed by atoms with Crippen molar-refractivity contribution in [3.05, 3.63) is 101 Å². The molecule has 0 heterocycles. The zero-order valence-corrected chi connectivity index (χ0v) is 18.2. The molecule has 7 heteroatoms. The average molecular weight is 442 g/mol. The van der Waals surface area contributed by atoms with Crippen LogP contribution in [-0.2, 0) is 27.8 Å². The van der Waals surface area contributed by atoms with Crippen molar-refractivity contribution in [2.24, 2.45) is 0 Å². The summed E-state index contributed by atoms with van der Waals surface area (Å²) in [7, 11) is -3.90. The second-order valence-electron chi connectivity index (χ2n) is 7.09. The number of carbonyl (C=O) groups is 1. The molecular weight excluding hydrogens is 417 g/mol. The molecule has 0 radical (unpaired) electrons. The third-order valence-corrected chi connectivity index (χ3v) is 6.58. The molecule has 0 atom stereocenters. The summed E-state index contributed by atoms with van der Waals surface area (Å²) in [6.07, 6.45) is 0. The van der Waals surface area contributed by atoms with Crippen LogP contribution in [-0.4, -0.2) is 25.3 Å². The van der Waals surface area contributed by atoms with E-state index >= 15 is 0 Å². The van der Waals surface area contributed by atoms with Crippen LogP contribution >= 0.6 is 0 Å². The SMILES string of the molecule is CCOC(=O)c1ccc(CN(Cc2ccccc2)S(=O)(=O)c2ccc(F)c(C)c2)cc1. The number of nitrogens with zero attached hydrogens (tertiary/aromatic N) is 1. The van der Waals surface area contributed by atoms with Crippen LogP contribution in [0.4, 0.5) is 4.39 Å². The Balaban J connectivity index is 1.93. The van der Waals surface area contributed by atoms with Gasteiger partial charge in [0, 0.05) is 13.1 Å². The lowest BCUT2D eigenvalue weighted by molar-refractivity contribution is 0.0526. The molecule has 0 aliphatic rings. The molecule has 0 fully saturated rings. The minimum Gasteiger partial charge on any atom is -0.462 e. The summed E-state index contributed by atoms with van der Waals surface area (Å²) < 4.78 is 46.8. The van der Waals surface area contributed by atoms with Gasteiger partial charge in [-0.1, -0.05) is 42.5 Å². The number of ether oxygens (including phenoxy) is 1. The Morgan fingerprint density at radius 1 is 0.935 bits per heavy atom. The normalized spacial score (nSPS) is 11.5. The molecule has 0 aliphatic carbocycles. The fraction of sp³-hybridized carbons (Fsp3) is 0.208. The maximum absolute atomic E-state index is 13.7. The number of hydrogen-bond donors (Lipinski definition) is 0. The molecule has 31 heavy (non-hydrogen) atoms. The van der Waals surface area contributed by atoms with Crippen LogP contribution in [0, 0.1) is 12.7 Å². The fourth-order valence-electron chi connectivity index (χ4n) is 3.10. The number of hydrogen-bond acceptors (Lipinski definition) is 4. The molecule has 0 aromatic heterocycles. The molecule has 3 aromatic rings. The van der Waals surface area contributed by atoms with Crippen LogP contribution in [0.15, 0.2) is 77.7 Å². The predicted octanol–water partition coefficient (Wildman–Crippen LogP) is 4.70. The van der Waals surface area contributed by atoms with Gasteiger partial charge in [0.25, 0.3) is 0 Å². The van der Waals surface area contributed by atoms with Gasteiger partial charge in [-0.25, -0.2) is 17.6 Å². The topological polar surface area (TPSA) is 63.7 Å². The number of carbonyl (C=O) groups excluding carboxylic acids is 1. The number of esters is 1. The van der Waals surface area contributed by atoms with Crippen molar-refractivity contribution in [2.75, 3.05) is 6.61 Å². The molecule has 0 saturated carbocycles. The number of halogens is 1. The maximum Gasteiger partial charge on any atom is 0.338 e. The summed E-state index contributed by atoms with van der Waals surface area (Å²) in [5, 5.41) is 0. The number of rotatable bonds is 8. The van der Waals surface area contributed by atoms with Crippen molar-refractivity contribution >= 4 is 16.0 Å². The average Bonchev–Trinajstić information content (AvgIpc) is 2.76. The van der Waals surface area contributed by atoms with Crippen LogP contribution in [0.3, 0.4) is 0 Å². The Bertz CT molecular complexity index is 1150. The van der Waals surface area contributed by atoms with Crippen LogP contribution in [0.5, 0.6) is 0 Å². The molecule has 0 unspecified atom stereocenters. The highest BCUT2D eigenvalue weighted by molar-refractivity contribution is 7.89. The Hall–Kier alpha value is -3.03. The van der Waals surface area contributed by atoms with E-state index in [9.17, 15) is 17.6 Å². The van der Waals surface area contributed by atoms with Gasteiger partial charge in [0.15, 0.2) is 0 Å². The quantitative estimate of drug-likeness (QED) is 0.475. The Morgan fingerprint density at radius 2 is 1.55 bits per heavy atom. The van der Waals surface area contributed by atoms with Gasteiger partial charge in [-0.15, -0.1) is 0 Å². The summed E-state index contributed by atoms with van der Waals surface area (Å²) in [6.45, 7) is 3.79. The van der Waals surface area contributed by atoms with Gasteiger partial charge < -0.3 is 4.74 Å². The van der Waals surface area contributed by atoms with E-state index in [0.717, 1.165) is 11.6 Å². The van der Waals surface area contributed by atoms with Crippen molar-refractivity contribution in [1.29, 1.82) is 0 Å². The highest BCUT2D eigenvalue weighted by atomic mass is 32.2. The first-order valence-corrected chi connectivity index (χ1v) is 11.3. The third kappa shape index (κ3) is 5.57. The van der Waals surface area contributed by atoms with E-state index in [4.69, 9.17) is 4.74 Å². The van der Waals surface area contributed by atoms with E-state index in [1.807, 2.05) is 30.3 Å². The molecule has 3 rings (SSSR count). The molecule has 162 valence electrons. The van der Waals surface area contributed by atoms with Crippen molar-refractivity contribution in [2.45, 2.75) is 31.8 Å². The zero-order valence-electron chi connectivity index (χ0n) is 17.4. The van der Waals surface area contributed by atoms with Gasteiger partial charge in [0.2, 0.25) is 10.0 Å². The first-order chi connectivity index (χ1) is 14.8. The van der Waals surface area contributed by atoms with Crippen LogP contribution < -0.4 is 0 Å². The molecule has 0 aliphatic heterocycles. The lowest BCUT2D eigenvalue weighted by atomic mass is 10.1. The van der Waals surface area contributed by atoms with E-state index in [1.54, 1.807) is 31.2 Å². The van der Waals surface area contributed by atoms with Crippen molar-refractivity contribution in [3.63, 3.8) is 0 Å². The van der Waals surface area contributed by atoms with Crippen molar-refractivity contribution in [3.8, 4) is 0 Å². The predicted molar refractivity (Wildman–Crippen MR) is 116 cm³/mol. The second-order valence-corrected chi connectivity index (χ2v) is 9.03. The molecular formula is C24H24FNO4S. The summed E-state index contributed by atoms with van der Waals surface area (Å²) in [4.78, 5) is 11.9. The molecule has 0 bridgehead atoms. The third-order valence-electron chi connectivity index (χ3n) is 4.79. The highest BCUT2D eigenvalue weighted by Crippen LogP contribution is 2.23. The smallest absolute Gasteiger partial charge is 0.338 e. The Labute approximate surface area is 182 Å². The first kappa shape index (κ1) is 22.7. The van der Waals surface area contributed by atoms with Crippen molar-refractivity contribution < 1.29 is 22.3 Å². The van der Waals surface area contributed by atoms with Crippen LogP contribution in [0.1, 0.15) is 34.0 Å². The zero-order chi connectivity index (χ0) is 22.4. The van der Waals surface area contributed by atoms with Crippen molar-refractivity contribution in [1.82, 2.24) is 4.31 Å². The van der Waals surface area contributed by atoms with Gasteiger partial charge >= 0.3 is 5.97 Å². The van der Waals surface area contributed by atoms with E-state index in [-0.39, 0.29) is 30.2 Å². The second kappa shape index (κ2) is 9.85. The minimum atomic E-state index is -3.90. The lowest BCUT2D eigenvalue weighted by Gasteiger charge is -2.23. The Morgan fingerprint density at radius 3 is 2.13 bits per heavy atom. The lowest BCUT2D eigenvalue weighted by Crippen LogP contribution is -2.30. The first-order valence-electron chi connectivity index (χ1n) is 9.87. The monoisotopic (exact) mass is 441 g/mol. The fourth-order valence-corrected chi connectivity index (χ4v) is 4.61. The molecule has 0 spiro atoms. The summed E-state index contributed by atoms with van der Waals surface area (Å²) in [5.74, 6) is -0.882. The van der Waals surface area contributed by atoms with Crippen LogP contribution in [0.2, 0.25) is 0 Å². The number of benzene rings is 3. The molecule has 0 saturated heterocycles. The summed E-state index contributed by atoms with van der Waals surface area (Å²) >= 11 is 0. The Kier molecular flexibility index (Phi) is 7.20. The van der Waals surface area contributed by atoms with E-state index in [1.165, 1.54) is 23.4 Å². The summed E-state index contributed by atoms with van der Waals surface area (Å²) in [6, 6.07) is 19.7. The maximum atomic E-state index is 13.7. The summed E-state index contributed by atoms with van der Waals surface area (Å²) in [5.41, 5.74) is 2.20. The largest absolute Gasteiger partial charge is 0.462 e. The van der Waals surface area contributed by atoms with Gasteiger partial charge in [0.05, 0.1) is 17.1 Å². The highest BCUT2D eigenvalue weighted by Gasteiger charge is 2.25. The van der Waals surface area contributed by atoms with Gasteiger partial charge in [-0.3, -0.25) is 0 Å². The molecule has 0 N–H and O–H groups in total. The van der Waals surface area contributed by atoms with Gasteiger partial charge in [-0.2, -0.15) is 4.31 Å². The van der Waals surface area contributed by atoms with Crippen LogP contribution in [0.25, 0.3) is 0 Å². The van der Waals surface area contributed by atoms with E-state index < -0.39 is 21.8 Å².